The fourth-order valence-electron chi connectivity index (χ4n) is 4.00. The molecule has 1 unspecified atom stereocenters. The number of hydrogen-bond donors (Lipinski definition) is 5. The molecule has 0 saturated carbocycles. The van der Waals surface area contributed by atoms with E-state index in [1.54, 1.807) is 67.6 Å². The Labute approximate surface area is 252 Å². The summed E-state index contributed by atoms with van der Waals surface area (Å²) in [6.45, 7) is 3.62. The Bertz CT molecular complexity index is 1700. The van der Waals surface area contributed by atoms with Crippen molar-refractivity contribution in [2.75, 3.05) is 10.6 Å². The Morgan fingerprint density at radius 3 is 2.26 bits per heavy atom. The summed E-state index contributed by atoms with van der Waals surface area (Å²) >= 11 is 1.23. The Kier molecular flexibility index (Phi) is 9.98. The number of carbonyl (C=O) groups is 4. The molecule has 4 aromatic rings. The van der Waals surface area contributed by atoms with Crippen LogP contribution in [0.2, 0.25) is 0 Å². The highest BCUT2D eigenvalue weighted by Gasteiger charge is 2.18. The molecule has 0 bridgehead atoms. The largest absolute Gasteiger partial charge is 0.507 e. The highest BCUT2D eigenvalue weighted by molar-refractivity contribution is 8.00. The molecule has 3 amide bonds. The van der Waals surface area contributed by atoms with Gasteiger partial charge in [0.05, 0.1) is 5.25 Å². The Morgan fingerprint density at radius 1 is 0.814 bits per heavy atom. The number of carbonyl (C=O) groups excluding carboxylic acids is 3. The summed E-state index contributed by atoms with van der Waals surface area (Å²) in [4.78, 5) is 51.0. The molecule has 0 spiro atoms. The third-order valence-corrected chi connectivity index (χ3v) is 7.24. The van der Waals surface area contributed by atoms with Crippen LogP contribution >= 0.6 is 11.8 Å². The van der Waals surface area contributed by atoms with Crippen molar-refractivity contribution in [3.63, 3.8) is 0 Å². The first kappa shape index (κ1) is 30.6. The zero-order valence-corrected chi connectivity index (χ0v) is 24.1. The number of rotatable bonds is 10. The number of carboxylic acid groups (broad SMARTS) is 1. The fourth-order valence-corrected chi connectivity index (χ4v) is 4.93. The van der Waals surface area contributed by atoms with E-state index in [1.165, 1.54) is 30.0 Å². The number of hydrogen-bond acceptors (Lipinski definition) is 6. The van der Waals surface area contributed by atoms with Crippen molar-refractivity contribution in [1.82, 2.24) is 5.32 Å². The summed E-state index contributed by atoms with van der Waals surface area (Å²) < 4.78 is 0. The van der Waals surface area contributed by atoms with E-state index >= 15 is 0 Å². The molecule has 4 rings (SSSR count). The number of anilines is 2. The minimum absolute atomic E-state index is 0.0554. The van der Waals surface area contributed by atoms with Crippen molar-refractivity contribution in [2.45, 2.75) is 24.0 Å². The van der Waals surface area contributed by atoms with Crippen LogP contribution in [0.15, 0.2) is 108 Å². The molecule has 0 radical (unpaired) electrons. The molecular weight excluding hydrogens is 566 g/mol. The molecule has 4 aromatic carbocycles. The Balaban J connectivity index is 1.47. The number of benzene rings is 4. The van der Waals surface area contributed by atoms with Crippen LogP contribution in [0.3, 0.4) is 0 Å². The number of aryl methyl sites for hydroxylation is 1. The predicted octanol–water partition coefficient (Wildman–Crippen LogP) is 5.93. The maximum Gasteiger partial charge on any atom is 0.339 e. The van der Waals surface area contributed by atoms with Crippen LogP contribution in [-0.2, 0) is 9.59 Å². The van der Waals surface area contributed by atoms with E-state index in [4.69, 9.17) is 0 Å². The first-order valence-corrected chi connectivity index (χ1v) is 14.1. The van der Waals surface area contributed by atoms with Crippen LogP contribution in [0, 0.1) is 6.92 Å². The van der Waals surface area contributed by atoms with Crippen LogP contribution < -0.4 is 16.0 Å². The number of thioether (sulfide) groups is 1. The van der Waals surface area contributed by atoms with Gasteiger partial charge in [0.2, 0.25) is 5.91 Å². The molecule has 0 aliphatic rings. The van der Waals surface area contributed by atoms with Crippen molar-refractivity contribution in [3.05, 3.63) is 125 Å². The topological polar surface area (TPSA) is 145 Å². The van der Waals surface area contributed by atoms with E-state index in [0.717, 1.165) is 11.1 Å². The van der Waals surface area contributed by atoms with Gasteiger partial charge in [-0.15, -0.1) is 11.8 Å². The van der Waals surface area contributed by atoms with Gasteiger partial charge < -0.3 is 26.2 Å². The maximum atomic E-state index is 13.4. The molecule has 1 atom stereocenters. The van der Waals surface area contributed by atoms with Gasteiger partial charge in [0, 0.05) is 21.8 Å². The van der Waals surface area contributed by atoms with Crippen LogP contribution in [0.1, 0.15) is 38.8 Å². The van der Waals surface area contributed by atoms with Crippen LogP contribution in [0.25, 0.3) is 6.08 Å². The lowest BCUT2D eigenvalue weighted by Crippen LogP contribution is -2.30. The van der Waals surface area contributed by atoms with E-state index in [2.05, 4.69) is 16.0 Å². The van der Waals surface area contributed by atoms with E-state index in [9.17, 15) is 29.4 Å². The lowest BCUT2D eigenvalue weighted by atomic mass is 10.1. The van der Waals surface area contributed by atoms with Gasteiger partial charge >= 0.3 is 5.97 Å². The van der Waals surface area contributed by atoms with Gasteiger partial charge in [0.25, 0.3) is 11.8 Å². The van der Waals surface area contributed by atoms with Gasteiger partial charge in [-0.25, -0.2) is 4.79 Å². The zero-order chi connectivity index (χ0) is 30.9. The summed E-state index contributed by atoms with van der Waals surface area (Å²) in [5, 5.41) is 26.5. The molecule has 0 aliphatic carbocycles. The lowest BCUT2D eigenvalue weighted by Gasteiger charge is -2.14. The molecule has 10 heteroatoms. The quantitative estimate of drug-likeness (QED) is 0.0868. The number of carboxylic acids is 1. The number of aromatic hydroxyl groups is 1. The standard InChI is InChI=1S/C33H29N3O6S/c1-20-8-6-9-22(16-20)17-28(36-31(39)23-10-4-3-5-11-23)32(40)35-24-12-7-13-26(18-24)43-21(2)30(38)34-25-14-15-29(37)27(19-25)33(41)42/h3-19,21,37H,1-2H3,(H,34,38)(H,35,40)(H,36,39)(H,41,42)/b28-17+. The van der Waals surface area contributed by atoms with Gasteiger partial charge in [-0.05, 0) is 74.0 Å². The highest BCUT2D eigenvalue weighted by atomic mass is 32.2. The van der Waals surface area contributed by atoms with Crippen LogP contribution in [-0.4, -0.2) is 39.2 Å². The van der Waals surface area contributed by atoms with E-state index < -0.39 is 28.8 Å². The molecular formula is C33H29N3O6S. The van der Waals surface area contributed by atoms with E-state index in [-0.39, 0.29) is 22.9 Å². The number of amides is 3. The number of phenols is 1. The zero-order valence-electron chi connectivity index (χ0n) is 23.3. The smallest absolute Gasteiger partial charge is 0.339 e. The van der Waals surface area contributed by atoms with Gasteiger partial charge in [-0.1, -0.05) is 54.1 Å². The monoisotopic (exact) mass is 595 g/mol. The molecule has 0 saturated heterocycles. The average molecular weight is 596 g/mol. The molecule has 5 N–H and O–H groups in total. The predicted molar refractivity (Wildman–Crippen MR) is 167 cm³/mol. The molecule has 0 fully saturated rings. The number of nitrogens with one attached hydrogen (secondary N) is 3. The second kappa shape index (κ2) is 14.0. The first-order valence-electron chi connectivity index (χ1n) is 13.2. The molecule has 0 aromatic heterocycles. The SMILES string of the molecule is Cc1cccc(/C=C(/NC(=O)c2ccccc2)C(=O)Nc2cccc(SC(C)C(=O)Nc3ccc(O)c(C(=O)O)c3)c2)c1. The highest BCUT2D eigenvalue weighted by Crippen LogP contribution is 2.28. The van der Waals surface area contributed by atoms with Crippen LogP contribution in [0.4, 0.5) is 11.4 Å². The van der Waals surface area contributed by atoms with Gasteiger partial charge in [0.1, 0.15) is 17.0 Å². The average Bonchev–Trinajstić information content (AvgIpc) is 2.98. The Morgan fingerprint density at radius 2 is 1.53 bits per heavy atom. The summed E-state index contributed by atoms with van der Waals surface area (Å²) in [6, 6.07) is 26.8. The first-order chi connectivity index (χ1) is 20.6. The van der Waals surface area contributed by atoms with E-state index in [0.29, 0.717) is 16.1 Å². The minimum atomic E-state index is -1.31. The van der Waals surface area contributed by atoms with Gasteiger partial charge in [-0.3, -0.25) is 14.4 Å². The van der Waals surface area contributed by atoms with Crippen molar-refractivity contribution < 1.29 is 29.4 Å². The summed E-state index contributed by atoms with van der Waals surface area (Å²) in [5.74, 6) is -3.05. The van der Waals surface area contributed by atoms with Crippen LogP contribution in [0.5, 0.6) is 5.75 Å². The van der Waals surface area contributed by atoms with Crippen molar-refractivity contribution >= 4 is 52.9 Å². The molecule has 9 nitrogen and oxygen atoms in total. The lowest BCUT2D eigenvalue weighted by molar-refractivity contribution is -0.115. The minimum Gasteiger partial charge on any atom is -0.507 e. The van der Waals surface area contributed by atoms with Gasteiger partial charge in [-0.2, -0.15) is 0 Å². The summed E-state index contributed by atoms with van der Waals surface area (Å²) in [6.07, 6.45) is 1.60. The summed E-state index contributed by atoms with van der Waals surface area (Å²) in [7, 11) is 0. The van der Waals surface area contributed by atoms with Crippen molar-refractivity contribution in [2.24, 2.45) is 0 Å². The van der Waals surface area contributed by atoms with Gasteiger partial charge in [0.15, 0.2) is 0 Å². The molecule has 218 valence electrons. The molecule has 0 heterocycles. The summed E-state index contributed by atoms with van der Waals surface area (Å²) in [5.41, 5.74) is 2.57. The van der Waals surface area contributed by atoms with E-state index in [1.807, 2.05) is 31.2 Å². The maximum absolute atomic E-state index is 13.4. The second-order valence-electron chi connectivity index (χ2n) is 9.56. The molecule has 43 heavy (non-hydrogen) atoms. The van der Waals surface area contributed by atoms with Crippen molar-refractivity contribution in [1.29, 1.82) is 0 Å². The van der Waals surface area contributed by atoms with Crippen molar-refractivity contribution in [3.8, 4) is 5.75 Å². The second-order valence-corrected chi connectivity index (χ2v) is 11.0. The third-order valence-electron chi connectivity index (χ3n) is 6.15. The Hall–Kier alpha value is -5.35. The number of aromatic carboxylic acids is 1. The normalized spacial score (nSPS) is 11.7. The molecule has 0 aliphatic heterocycles. The fraction of sp³-hybridized carbons (Fsp3) is 0.0909. The third kappa shape index (κ3) is 8.57.